The summed E-state index contributed by atoms with van der Waals surface area (Å²) in [4.78, 5) is 10.9. The van der Waals surface area contributed by atoms with Crippen LogP contribution >= 0.6 is 0 Å². The first-order valence-electron chi connectivity index (χ1n) is 5.43. The standard InChI is InChI=1S/C11H21NO2/c1-8-5-4-6-9(7-8)12-11(2,3)10(13)14/h8-9,12H,4-7H2,1-3H3,(H,13,14). The van der Waals surface area contributed by atoms with Crippen molar-refractivity contribution >= 4 is 5.97 Å². The van der Waals surface area contributed by atoms with Gasteiger partial charge in [0.25, 0.3) is 0 Å². The summed E-state index contributed by atoms with van der Waals surface area (Å²) in [6.07, 6.45) is 4.72. The van der Waals surface area contributed by atoms with Gasteiger partial charge in [0.05, 0.1) is 0 Å². The third-order valence-corrected chi connectivity index (χ3v) is 3.04. The molecule has 0 aromatic carbocycles. The molecule has 14 heavy (non-hydrogen) atoms. The Hall–Kier alpha value is -0.570. The van der Waals surface area contributed by atoms with Crippen molar-refractivity contribution in [2.24, 2.45) is 5.92 Å². The minimum absolute atomic E-state index is 0.379. The number of carboxylic acids is 1. The Labute approximate surface area is 85.9 Å². The quantitative estimate of drug-likeness (QED) is 0.731. The molecule has 1 aliphatic rings. The highest BCUT2D eigenvalue weighted by molar-refractivity contribution is 5.77. The molecule has 0 spiro atoms. The average molecular weight is 199 g/mol. The summed E-state index contributed by atoms with van der Waals surface area (Å²) >= 11 is 0. The Morgan fingerprint density at radius 1 is 1.43 bits per heavy atom. The SMILES string of the molecule is CC1CCCC(NC(C)(C)C(=O)O)C1. The molecule has 0 aliphatic heterocycles. The first-order valence-corrected chi connectivity index (χ1v) is 5.43. The van der Waals surface area contributed by atoms with E-state index in [9.17, 15) is 4.79 Å². The molecule has 1 rings (SSSR count). The molecule has 0 amide bonds. The van der Waals surface area contributed by atoms with E-state index in [1.807, 2.05) is 0 Å². The second-order valence-corrected chi connectivity index (χ2v) is 5.04. The fourth-order valence-corrected chi connectivity index (χ4v) is 2.14. The van der Waals surface area contributed by atoms with E-state index in [2.05, 4.69) is 12.2 Å². The van der Waals surface area contributed by atoms with Gasteiger partial charge >= 0.3 is 5.97 Å². The van der Waals surface area contributed by atoms with Gasteiger partial charge in [-0.1, -0.05) is 19.8 Å². The van der Waals surface area contributed by atoms with Gasteiger partial charge in [-0.05, 0) is 32.6 Å². The first-order chi connectivity index (χ1) is 6.42. The van der Waals surface area contributed by atoms with Crippen molar-refractivity contribution in [2.75, 3.05) is 0 Å². The van der Waals surface area contributed by atoms with Crippen molar-refractivity contribution in [1.82, 2.24) is 5.32 Å². The van der Waals surface area contributed by atoms with Crippen LogP contribution in [0.2, 0.25) is 0 Å². The molecule has 2 N–H and O–H groups in total. The number of nitrogens with one attached hydrogen (secondary N) is 1. The highest BCUT2D eigenvalue weighted by Gasteiger charge is 2.31. The lowest BCUT2D eigenvalue weighted by atomic mass is 9.86. The van der Waals surface area contributed by atoms with E-state index in [0.29, 0.717) is 6.04 Å². The molecule has 0 radical (unpaired) electrons. The zero-order valence-corrected chi connectivity index (χ0v) is 9.34. The number of carboxylic acid groups (broad SMARTS) is 1. The lowest BCUT2D eigenvalue weighted by Crippen LogP contribution is -2.52. The largest absolute Gasteiger partial charge is 0.480 e. The molecule has 0 saturated heterocycles. The predicted molar refractivity (Wildman–Crippen MR) is 56.3 cm³/mol. The maximum Gasteiger partial charge on any atom is 0.323 e. The Morgan fingerprint density at radius 3 is 2.57 bits per heavy atom. The van der Waals surface area contributed by atoms with E-state index >= 15 is 0 Å². The van der Waals surface area contributed by atoms with Crippen LogP contribution in [0.5, 0.6) is 0 Å². The summed E-state index contributed by atoms with van der Waals surface area (Å²) in [6.45, 7) is 5.70. The summed E-state index contributed by atoms with van der Waals surface area (Å²) in [5.74, 6) is -0.0402. The summed E-state index contributed by atoms with van der Waals surface area (Å²) in [6, 6.07) is 0.379. The van der Waals surface area contributed by atoms with Crippen molar-refractivity contribution in [2.45, 2.75) is 58.0 Å². The Balaban J connectivity index is 2.47. The van der Waals surface area contributed by atoms with Gasteiger partial charge in [-0.3, -0.25) is 10.1 Å². The topological polar surface area (TPSA) is 49.3 Å². The van der Waals surface area contributed by atoms with Gasteiger partial charge < -0.3 is 5.11 Å². The Kier molecular flexibility index (Phi) is 3.53. The lowest BCUT2D eigenvalue weighted by molar-refractivity contribution is -0.143. The van der Waals surface area contributed by atoms with Crippen molar-refractivity contribution in [1.29, 1.82) is 0 Å². The van der Waals surface area contributed by atoms with Crippen molar-refractivity contribution in [3.8, 4) is 0 Å². The highest BCUT2D eigenvalue weighted by atomic mass is 16.4. The average Bonchev–Trinajstić information content (AvgIpc) is 2.02. The molecule has 82 valence electrons. The molecule has 1 saturated carbocycles. The highest BCUT2D eigenvalue weighted by Crippen LogP contribution is 2.24. The van der Waals surface area contributed by atoms with Crippen LogP contribution in [0.3, 0.4) is 0 Å². The Morgan fingerprint density at radius 2 is 2.07 bits per heavy atom. The molecule has 0 aromatic heterocycles. The molecular weight excluding hydrogens is 178 g/mol. The molecule has 0 bridgehead atoms. The maximum atomic E-state index is 10.9. The van der Waals surface area contributed by atoms with Crippen LogP contribution in [0, 0.1) is 5.92 Å². The van der Waals surface area contributed by atoms with E-state index in [0.717, 1.165) is 18.8 Å². The summed E-state index contributed by atoms with van der Waals surface area (Å²) in [5, 5.41) is 12.2. The minimum atomic E-state index is -0.790. The normalized spacial score (nSPS) is 28.8. The van der Waals surface area contributed by atoms with E-state index in [1.54, 1.807) is 13.8 Å². The molecule has 2 atom stereocenters. The number of carbonyl (C=O) groups is 1. The van der Waals surface area contributed by atoms with Gasteiger partial charge in [0.2, 0.25) is 0 Å². The number of hydrogen-bond donors (Lipinski definition) is 2. The number of rotatable bonds is 3. The summed E-state index contributed by atoms with van der Waals surface area (Å²) in [5.41, 5.74) is -0.790. The molecular formula is C11H21NO2. The molecule has 1 fully saturated rings. The first kappa shape index (κ1) is 11.5. The number of aliphatic carboxylic acids is 1. The zero-order chi connectivity index (χ0) is 10.8. The fraction of sp³-hybridized carbons (Fsp3) is 0.909. The van der Waals surface area contributed by atoms with Gasteiger partial charge in [0, 0.05) is 6.04 Å². The fourth-order valence-electron chi connectivity index (χ4n) is 2.14. The maximum absolute atomic E-state index is 10.9. The van der Waals surface area contributed by atoms with Gasteiger partial charge in [0.1, 0.15) is 5.54 Å². The third-order valence-electron chi connectivity index (χ3n) is 3.04. The predicted octanol–water partition coefficient (Wildman–Crippen LogP) is 2.02. The van der Waals surface area contributed by atoms with E-state index < -0.39 is 11.5 Å². The van der Waals surface area contributed by atoms with Gasteiger partial charge in [-0.2, -0.15) is 0 Å². The van der Waals surface area contributed by atoms with Crippen LogP contribution in [-0.2, 0) is 4.79 Å². The van der Waals surface area contributed by atoms with Crippen LogP contribution in [-0.4, -0.2) is 22.7 Å². The molecule has 3 nitrogen and oxygen atoms in total. The van der Waals surface area contributed by atoms with E-state index in [1.165, 1.54) is 12.8 Å². The minimum Gasteiger partial charge on any atom is -0.480 e. The van der Waals surface area contributed by atoms with Crippen molar-refractivity contribution < 1.29 is 9.90 Å². The lowest BCUT2D eigenvalue weighted by Gasteiger charge is -2.33. The summed E-state index contributed by atoms with van der Waals surface area (Å²) < 4.78 is 0. The van der Waals surface area contributed by atoms with Gasteiger partial charge in [0.15, 0.2) is 0 Å². The monoisotopic (exact) mass is 199 g/mol. The smallest absolute Gasteiger partial charge is 0.323 e. The molecule has 2 unspecified atom stereocenters. The van der Waals surface area contributed by atoms with Crippen LogP contribution in [0.15, 0.2) is 0 Å². The molecule has 1 aliphatic carbocycles. The van der Waals surface area contributed by atoms with Gasteiger partial charge in [-0.15, -0.1) is 0 Å². The zero-order valence-electron chi connectivity index (χ0n) is 9.34. The van der Waals surface area contributed by atoms with Crippen LogP contribution < -0.4 is 5.32 Å². The molecule has 3 heteroatoms. The number of hydrogen-bond acceptors (Lipinski definition) is 2. The second-order valence-electron chi connectivity index (χ2n) is 5.04. The van der Waals surface area contributed by atoms with E-state index in [-0.39, 0.29) is 0 Å². The Bertz CT molecular complexity index is 213. The van der Waals surface area contributed by atoms with Crippen LogP contribution in [0.1, 0.15) is 46.5 Å². The van der Waals surface area contributed by atoms with Crippen molar-refractivity contribution in [3.63, 3.8) is 0 Å². The van der Waals surface area contributed by atoms with Crippen LogP contribution in [0.25, 0.3) is 0 Å². The van der Waals surface area contributed by atoms with Crippen molar-refractivity contribution in [3.05, 3.63) is 0 Å². The van der Waals surface area contributed by atoms with E-state index in [4.69, 9.17) is 5.11 Å². The van der Waals surface area contributed by atoms with Gasteiger partial charge in [-0.25, -0.2) is 0 Å². The second kappa shape index (κ2) is 4.30. The van der Waals surface area contributed by atoms with Crippen LogP contribution in [0.4, 0.5) is 0 Å². The molecule has 0 aromatic rings. The third kappa shape index (κ3) is 2.98. The summed E-state index contributed by atoms with van der Waals surface area (Å²) in [7, 11) is 0. The molecule has 0 heterocycles.